The lowest BCUT2D eigenvalue weighted by molar-refractivity contribution is 0.0186. The Bertz CT molecular complexity index is 196. The predicted molar refractivity (Wildman–Crippen MR) is 68.1 cm³/mol. The first kappa shape index (κ1) is 16.2. The second-order valence-electron chi connectivity index (χ2n) is 3.20. The molecule has 0 fully saturated rings. The summed E-state index contributed by atoms with van der Waals surface area (Å²) in [5, 5.41) is 0. The number of hydrogen-bond donors (Lipinski definition) is 1. The highest BCUT2D eigenvalue weighted by molar-refractivity contribution is 6.54. The molecule has 100 valence electrons. The monoisotopic (exact) mass is 262 g/mol. The molecule has 0 amide bonds. The third-order valence-corrected chi connectivity index (χ3v) is 2.35. The SMILES string of the molecule is C=COCCOCCOCCOC=C[SiH](C)O. The summed E-state index contributed by atoms with van der Waals surface area (Å²) < 4.78 is 20.4. The molecule has 17 heavy (non-hydrogen) atoms. The zero-order valence-corrected chi connectivity index (χ0v) is 11.5. The lowest BCUT2D eigenvalue weighted by Crippen LogP contribution is -2.10. The summed E-state index contributed by atoms with van der Waals surface area (Å²) in [7, 11) is -1.64. The minimum Gasteiger partial charge on any atom is -0.499 e. The molecule has 0 aromatic heterocycles. The van der Waals surface area contributed by atoms with Crippen LogP contribution in [-0.2, 0) is 18.9 Å². The molecule has 6 heteroatoms. The maximum atomic E-state index is 9.02. The van der Waals surface area contributed by atoms with Gasteiger partial charge in [-0.3, -0.25) is 0 Å². The maximum Gasteiger partial charge on any atom is 0.196 e. The normalized spacial score (nSPS) is 12.6. The fraction of sp³-hybridized carbons (Fsp3) is 0.636. The molecule has 0 bridgehead atoms. The van der Waals surface area contributed by atoms with E-state index in [0.29, 0.717) is 39.6 Å². The standard InChI is InChI=1S/C11H22O5Si/c1-3-13-4-5-14-6-7-15-8-9-16-10-11-17(2)12/h3,10-12,17H,1,4-9H2,2H3. The molecule has 0 aliphatic rings. The van der Waals surface area contributed by atoms with Gasteiger partial charge in [0, 0.05) is 0 Å². The predicted octanol–water partition coefficient (Wildman–Crippen LogP) is 0.595. The van der Waals surface area contributed by atoms with E-state index in [2.05, 4.69) is 6.58 Å². The third kappa shape index (κ3) is 15.2. The first-order valence-electron chi connectivity index (χ1n) is 5.61. The van der Waals surface area contributed by atoms with Crippen LogP contribution in [-0.4, -0.2) is 53.5 Å². The van der Waals surface area contributed by atoms with Crippen molar-refractivity contribution in [2.75, 3.05) is 39.6 Å². The number of ether oxygens (including phenoxy) is 4. The molecule has 0 heterocycles. The third-order valence-electron chi connectivity index (χ3n) is 1.63. The van der Waals surface area contributed by atoms with Crippen LogP contribution in [0.2, 0.25) is 6.55 Å². The van der Waals surface area contributed by atoms with Crippen molar-refractivity contribution in [2.24, 2.45) is 0 Å². The molecular weight excluding hydrogens is 240 g/mol. The summed E-state index contributed by atoms with van der Waals surface area (Å²) in [5.74, 6) is 0. The van der Waals surface area contributed by atoms with Gasteiger partial charge in [-0.05, 0) is 12.2 Å². The van der Waals surface area contributed by atoms with Gasteiger partial charge in [-0.15, -0.1) is 0 Å². The molecule has 1 N–H and O–H groups in total. The minimum absolute atomic E-state index is 0.483. The molecular formula is C11H22O5Si. The van der Waals surface area contributed by atoms with Crippen molar-refractivity contribution in [1.29, 1.82) is 0 Å². The largest absolute Gasteiger partial charge is 0.499 e. The van der Waals surface area contributed by atoms with Gasteiger partial charge in [-0.2, -0.15) is 0 Å². The Morgan fingerprint density at radius 1 is 1.00 bits per heavy atom. The van der Waals surface area contributed by atoms with E-state index in [1.807, 2.05) is 0 Å². The maximum absolute atomic E-state index is 9.02. The molecule has 0 radical (unpaired) electrons. The van der Waals surface area contributed by atoms with Crippen LogP contribution in [0.25, 0.3) is 0 Å². The molecule has 0 spiro atoms. The van der Waals surface area contributed by atoms with Gasteiger partial charge in [-0.1, -0.05) is 6.58 Å². The van der Waals surface area contributed by atoms with Crippen molar-refractivity contribution < 1.29 is 23.7 Å². The van der Waals surface area contributed by atoms with Crippen LogP contribution < -0.4 is 0 Å². The van der Waals surface area contributed by atoms with Gasteiger partial charge in [0.15, 0.2) is 9.04 Å². The van der Waals surface area contributed by atoms with Gasteiger partial charge in [0.05, 0.1) is 39.0 Å². The lowest BCUT2D eigenvalue weighted by atomic mass is 10.7. The van der Waals surface area contributed by atoms with E-state index in [0.717, 1.165) is 0 Å². The molecule has 0 aromatic carbocycles. The van der Waals surface area contributed by atoms with Gasteiger partial charge in [0.1, 0.15) is 13.2 Å². The first-order valence-corrected chi connectivity index (χ1v) is 7.95. The minimum atomic E-state index is -1.64. The van der Waals surface area contributed by atoms with Crippen LogP contribution in [0.1, 0.15) is 0 Å². The van der Waals surface area contributed by atoms with Crippen molar-refractivity contribution in [3.05, 3.63) is 24.8 Å². The molecule has 0 rings (SSSR count). The van der Waals surface area contributed by atoms with E-state index < -0.39 is 9.04 Å². The van der Waals surface area contributed by atoms with Crippen LogP contribution in [0.15, 0.2) is 24.8 Å². The van der Waals surface area contributed by atoms with E-state index in [9.17, 15) is 0 Å². The highest BCUT2D eigenvalue weighted by Gasteiger charge is 1.91. The van der Waals surface area contributed by atoms with E-state index in [1.165, 1.54) is 12.5 Å². The Balaban J connectivity index is 3.01. The topological polar surface area (TPSA) is 57.2 Å². The summed E-state index contributed by atoms with van der Waals surface area (Å²) in [6.45, 7) is 8.33. The summed E-state index contributed by atoms with van der Waals surface area (Å²) in [6, 6.07) is 0. The second kappa shape index (κ2) is 13.2. The van der Waals surface area contributed by atoms with Crippen LogP contribution in [0.4, 0.5) is 0 Å². The molecule has 1 unspecified atom stereocenters. The van der Waals surface area contributed by atoms with Crippen molar-refractivity contribution in [3.8, 4) is 0 Å². The van der Waals surface area contributed by atoms with Crippen molar-refractivity contribution in [3.63, 3.8) is 0 Å². The second-order valence-corrected chi connectivity index (χ2v) is 5.07. The summed E-state index contributed by atoms with van der Waals surface area (Å²) >= 11 is 0. The molecule has 0 aliphatic carbocycles. The van der Waals surface area contributed by atoms with Gasteiger partial charge < -0.3 is 23.7 Å². The van der Waals surface area contributed by atoms with Crippen molar-refractivity contribution >= 4 is 9.04 Å². The van der Waals surface area contributed by atoms with Crippen LogP contribution in [0, 0.1) is 0 Å². The van der Waals surface area contributed by atoms with Crippen LogP contribution >= 0.6 is 0 Å². The van der Waals surface area contributed by atoms with E-state index >= 15 is 0 Å². The average molecular weight is 262 g/mol. The molecule has 5 nitrogen and oxygen atoms in total. The van der Waals surface area contributed by atoms with Crippen LogP contribution in [0.5, 0.6) is 0 Å². The van der Waals surface area contributed by atoms with Gasteiger partial charge in [0.25, 0.3) is 0 Å². The number of hydrogen-bond acceptors (Lipinski definition) is 5. The Kier molecular flexibility index (Phi) is 12.6. The highest BCUT2D eigenvalue weighted by Crippen LogP contribution is 1.84. The van der Waals surface area contributed by atoms with Crippen molar-refractivity contribution in [2.45, 2.75) is 6.55 Å². The quantitative estimate of drug-likeness (QED) is 0.317. The lowest BCUT2D eigenvalue weighted by Gasteiger charge is -2.05. The molecule has 0 saturated heterocycles. The summed E-state index contributed by atoms with van der Waals surface area (Å²) in [6.07, 6.45) is 2.92. The highest BCUT2D eigenvalue weighted by atomic mass is 28.3. The Morgan fingerprint density at radius 3 is 2.06 bits per heavy atom. The fourth-order valence-corrected chi connectivity index (χ4v) is 1.20. The summed E-state index contributed by atoms with van der Waals surface area (Å²) in [5.41, 5.74) is 1.70. The smallest absolute Gasteiger partial charge is 0.196 e. The van der Waals surface area contributed by atoms with Crippen molar-refractivity contribution in [1.82, 2.24) is 0 Å². The van der Waals surface area contributed by atoms with E-state index in [1.54, 1.807) is 12.2 Å². The van der Waals surface area contributed by atoms with Crippen LogP contribution in [0.3, 0.4) is 0 Å². The van der Waals surface area contributed by atoms with Gasteiger partial charge in [0.2, 0.25) is 0 Å². The van der Waals surface area contributed by atoms with Gasteiger partial charge >= 0.3 is 0 Å². The fourth-order valence-electron chi connectivity index (χ4n) is 0.857. The first-order chi connectivity index (χ1) is 8.27. The Morgan fingerprint density at radius 2 is 1.53 bits per heavy atom. The Hall–Kier alpha value is -0.823. The summed E-state index contributed by atoms with van der Waals surface area (Å²) in [4.78, 5) is 9.02. The Labute approximate surface area is 104 Å². The number of rotatable bonds is 12. The molecule has 0 aromatic rings. The average Bonchev–Trinajstić information content (AvgIpc) is 2.30. The molecule has 0 saturated carbocycles. The zero-order valence-electron chi connectivity index (χ0n) is 10.3. The van der Waals surface area contributed by atoms with E-state index in [-0.39, 0.29) is 0 Å². The molecule has 1 atom stereocenters. The van der Waals surface area contributed by atoms with E-state index in [4.69, 9.17) is 23.7 Å². The van der Waals surface area contributed by atoms with Gasteiger partial charge in [-0.25, -0.2) is 0 Å². The molecule has 0 aliphatic heterocycles. The zero-order chi connectivity index (χ0) is 12.8.